The van der Waals surface area contributed by atoms with Crippen molar-refractivity contribution in [1.82, 2.24) is 0 Å². The Bertz CT molecular complexity index is 845. The Kier molecular flexibility index (Phi) is 5.21. The summed E-state index contributed by atoms with van der Waals surface area (Å²) < 4.78 is 27.7. The lowest BCUT2D eigenvalue weighted by Gasteiger charge is -2.24. The van der Waals surface area contributed by atoms with Crippen molar-refractivity contribution in [1.29, 1.82) is 0 Å². The zero-order chi connectivity index (χ0) is 18.7. The third kappa shape index (κ3) is 2.81. The van der Waals surface area contributed by atoms with Crippen LogP contribution in [0.25, 0.3) is 0 Å². The van der Waals surface area contributed by atoms with E-state index in [0.29, 0.717) is 35.3 Å². The van der Waals surface area contributed by atoms with Gasteiger partial charge >= 0.3 is 0 Å². The summed E-state index contributed by atoms with van der Waals surface area (Å²) in [6.45, 7) is 0.647. The van der Waals surface area contributed by atoms with Gasteiger partial charge < -0.3 is 23.7 Å². The fraction of sp³-hybridized carbons (Fsp3) is 0.350. The summed E-state index contributed by atoms with van der Waals surface area (Å²) in [7, 11) is 8.09. The molecule has 0 bridgehead atoms. The summed E-state index contributed by atoms with van der Waals surface area (Å²) in [5, 5.41) is 0. The van der Waals surface area contributed by atoms with Gasteiger partial charge in [-0.25, -0.2) is 0 Å². The first-order valence-corrected chi connectivity index (χ1v) is 8.28. The van der Waals surface area contributed by atoms with E-state index >= 15 is 0 Å². The topological polar surface area (TPSA) is 58.5 Å². The Balaban J connectivity index is 2.26. The molecule has 0 unspecified atom stereocenters. The molecule has 0 amide bonds. The molecular formula is C20H23NO5. The standard InChI is InChI=1S/C20H23NO5/c1-22-15-8-6-7-13(18(15)24-3)17-14-11-16(23-2)20(26-5)19(25-4)12(14)9-10-21-17/h6-8,11H,9-10H2,1-5H3. The van der Waals surface area contributed by atoms with Crippen molar-refractivity contribution in [2.75, 3.05) is 42.1 Å². The number of hydrogen-bond donors (Lipinski definition) is 0. The number of benzene rings is 2. The van der Waals surface area contributed by atoms with Gasteiger partial charge in [-0.15, -0.1) is 0 Å². The Morgan fingerprint density at radius 1 is 0.731 bits per heavy atom. The first-order chi connectivity index (χ1) is 12.7. The monoisotopic (exact) mass is 357 g/mol. The Labute approximate surface area is 153 Å². The number of methoxy groups -OCH3 is 5. The van der Waals surface area contributed by atoms with E-state index in [1.807, 2.05) is 24.3 Å². The first-order valence-electron chi connectivity index (χ1n) is 8.28. The van der Waals surface area contributed by atoms with Crippen LogP contribution >= 0.6 is 0 Å². The second kappa shape index (κ2) is 7.56. The third-order valence-electron chi connectivity index (χ3n) is 4.48. The molecule has 0 radical (unpaired) electrons. The minimum atomic E-state index is 0.590. The molecule has 0 atom stereocenters. The molecule has 0 saturated heterocycles. The van der Waals surface area contributed by atoms with Crippen LogP contribution in [0.4, 0.5) is 0 Å². The molecule has 0 aliphatic carbocycles. The maximum absolute atomic E-state index is 5.65. The van der Waals surface area contributed by atoms with Crippen LogP contribution in [-0.2, 0) is 6.42 Å². The minimum absolute atomic E-state index is 0.590. The molecule has 2 aromatic carbocycles. The van der Waals surface area contributed by atoms with Crippen molar-refractivity contribution >= 4 is 5.71 Å². The molecule has 0 spiro atoms. The predicted octanol–water partition coefficient (Wildman–Crippen LogP) is 3.12. The van der Waals surface area contributed by atoms with Crippen LogP contribution in [-0.4, -0.2) is 47.8 Å². The van der Waals surface area contributed by atoms with E-state index in [-0.39, 0.29) is 0 Å². The van der Waals surface area contributed by atoms with Gasteiger partial charge in [-0.05, 0) is 24.6 Å². The van der Waals surface area contributed by atoms with E-state index in [4.69, 9.17) is 28.7 Å². The number of rotatable bonds is 6. The molecule has 1 heterocycles. The van der Waals surface area contributed by atoms with Gasteiger partial charge in [0.1, 0.15) is 0 Å². The lowest BCUT2D eigenvalue weighted by atomic mass is 9.91. The van der Waals surface area contributed by atoms with E-state index in [2.05, 4.69) is 0 Å². The van der Waals surface area contributed by atoms with Gasteiger partial charge in [0.05, 0.1) is 41.3 Å². The van der Waals surface area contributed by atoms with Gasteiger partial charge in [-0.2, -0.15) is 0 Å². The van der Waals surface area contributed by atoms with Gasteiger partial charge in [0.15, 0.2) is 23.0 Å². The minimum Gasteiger partial charge on any atom is -0.493 e. The molecule has 3 rings (SSSR count). The van der Waals surface area contributed by atoms with Gasteiger partial charge in [-0.1, -0.05) is 6.07 Å². The van der Waals surface area contributed by atoms with Gasteiger partial charge in [-0.3, -0.25) is 4.99 Å². The normalized spacial score (nSPS) is 12.7. The van der Waals surface area contributed by atoms with Crippen LogP contribution in [0.2, 0.25) is 0 Å². The second-order valence-electron chi connectivity index (χ2n) is 5.69. The van der Waals surface area contributed by atoms with Crippen LogP contribution in [0.3, 0.4) is 0 Å². The molecule has 1 aliphatic heterocycles. The molecule has 0 saturated carbocycles. The number of nitrogens with zero attached hydrogens (tertiary/aromatic N) is 1. The molecule has 2 aromatic rings. The maximum Gasteiger partial charge on any atom is 0.203 e. The van der Waals surface area contributed by atoms with Crippen LogP contribution in [0.1, 0.15) is 16.7 Å². The van der Waals surface area contributed by atoms with Crippen molar-refractivity contribution < 1.29 is 23.7 Å². The molecule has 6 nitrogen and oxygen atoms in total. The van der Waals surface area contributed by atoms with Crippen molar-refractivity contribution in [2.24, 2.45) is 4.99 Å². The number of hydrogen-bond acceptors (Lipinski definition) is 6. The van der Waals surface area contributed by atoms with Crippen molar-refractivity contribution in [3.63, 3.8) is 0 Å². The highest BCUT2D eigenvalue weighted by atomic mass is 16.5. The highest BCUT2D eigenvalue weighted by molar-refractivity contribution is 6.17. The molecule has 1 aliphatic rings. The predicted molar refractivity (Wildman–Crippen MR) is 99.9 cm³/mol. The molecular weight excluding hydrogens is 334 g/mol. The lowest BCUT2D eigenvalue weighted by Crippen LogP contribution is -2.17. The Morgan fingerprint density at radius 3 is 2.04 bits per heavy atom. The molecule has 0 fully saturated rings. The quantitative estimate of drug-likeness (QED) is 0.795. The molecule has 26 heavy (non-hydrogen) atoms. The zero-order valence-corrected chi connectivity index (χ0v) is 15.7. The summed E-state index contributed by atoms with van der Waals surface area (Å²) in [4.78, 5) is 4.76. The van der Waals surface area contributed by atoms with Gasteiger partial charge in [0.25, 0.3) is 0 Å². The van der Waals surface area contributed by atoms with E-state index in [1.165, 1.54) is 0 Å². The van der Waals surface area contributed by atoms with E-state index in [1.54, 1.807) is 35.5 Å². The first kappa shape index (κ1) is 17.9. The van der Waals surface area contributed by atoms with Gasteiger partial charge in [0.2, 0.25) is 5.75 Å². The van der Waals surface area contributed by atoms with Crippen molar-refractivity contribution in [3.05, 3.63) is 41.0 Å². The summed E-state index contributed by atoms with van der Waals surface area (Å²) in [6.07, 6.45) is 0.759. The fourth-order valence-electron chi connectivity index (χ4n) is 3.34. The SMILES string of the molecule is COc1cccc(C2=NCCc3c2cc(OC)c(OC)c3OC)c1OC. The zero-order valence-electron chi connectivity index (χ0n) is 15.7. The van der Waals surface area contributed by atoms with E-state index in [9.17, 15) is 0 Å². The van der Waals surface area contributed by atoms with Crippen LogP contribution < -0.4 is 23.7 Å². The van der Waals surface area contributed by atoms with E-state index < -0.39 is 0 Å². The summed E-state index contributed by atoms with van der Waals surface area (Å²) >= 11 is 0. The van der Waals surface area contributed by atoms with E-state index in [0.717, 1.165) is 28.8 Å². The lowest BCUT2D eigenvalue weighted by molar-refractivity contribution is 0.322. The number of para-hydroxylation sites is 1. The highest BCUT2D eigenvalue weighted by Crippen LogP contribution is 2.45. The molecule has 138 valence electrons. The summed E-state index contributed by atoms with van der Waals surface area (Å²) in [6, 6.07) is 7.69. The Morgan fingerprint density at radius 2 is 1.42 bits per heavy atom. The summed E-state index contributed by atoms with van der Waals surface area (Å²) in [5.41, 5.74) is 3.67. The van der Waals surface area contributed by atoms with Crippen molar-refractivity contribution in [2.45, 2.75) is 6.42 Å². The molecule has 6 heteroatoms. The third-order valence-corrected chi connectivity index (χ3v) is 4.48. The largest absolute Gasteiger partial charge is 0.493 e. The Hall–Kier alpha value is -2.89. The number of fused-ring (bicyclic) bond motifs is 1. The van der Waals surface area contributed by atoms with Gasteiger partial charge in [0, 0.05) is 23.2 Å². The maximum atomic E-state index is 5.65. The van der Waals surface area contributed by atoms with Crippen LogP contribution in [0.15, 0.2) is 29.3 Å². The fourth-order valence-corrected chi connectivity index (χ4v) is 3.34. The summed E-state index contributed by atoms with van der Waals surface area (Å²) in [5.74, 6) is 3.17. The number of ether oxygens (including phenoxy) is 5. The van der Waals surface area contributed by atoms with Crippen molar-refractivity contribution in [3.8, 4) is 28.7 Å². The second-order valence-corrected chi connectivity index (χ2v) is 5.69. The average Bonchev–Trinajstić information content (AvgIpc) is 2.70. The number of aliphatic imine (C=N–C) groups is 1. The smallest absolute Gasteiger partial charge is 0.203 e. The molecule has 0 N–H and O–H groups in total. The van der Waals surface area contributed by atoms with Crippen LogP contribution in [0.5, 0.6) is 28.7 Å². The molecule has 0 aromatic heterocycles. The average molecular weight is 357 g/mol. The van der Waals surface area contributed by atoms with Crippen LogP contribution in [0, 0.1) is 0 Å². The highest BCUT2D eigenvalue weighted by Gasteiger charge is 2.27.